The van der Waals surface area contributed by atoms with Crippen molar-refractivity contribution in [2.75, 3.05) is 4.72 Å². The lowest BCUT2D eigenvalue weighted by Crippen LogP contribution is -2.10. The van der Waals surface area contributed by atoms with Gasteiger partial charge in [0.25, 0.3) is 0 Å². The van der Waals surface area contributed by atoms with E-state index in [4.69, 9.17) is 5.11 Å². The van der Waals surface area contributed by atoms with Gasteiger partial charge in [-0.1, -0.05) is 26.8 Å². The molecule has 0 amide bonds. The van der Waals surface area contributed by atoms with Crippen molar-refractivity contribution in [1.29, 1.82) is 0 Å². The molecule has 0 fully saturated rings. The van der Waals surface area contributed by atoms with E-state index in [1.165, 1.54) is 28.8 Å². The zero-order chi connectivity index (χ0) is 15.6. The van der Waals surface area contributed by atoms with E-state index in [0.29, 0.717) is 10.6 Å². The molecule has 0 radical (unpaired) electrons. The van der Waals surface area contributed by atoms with Gasteiger partial charge in [-0.15, -0.1) is 11.3 Å². The summed E-state index contributed by atoms with van der Waals surface area (Å²) in [6.45, 7) is 6.51. The third-order valence-corrected chi connectivity index (χ3v) is 5.65. The quantitative estimate of drug-likeness (QED) is 0.669. The first-order valence-corrected chi connectivity index (χ1v) is 8.81. The summed E-state index contributed by atoms with van der Waals surface area (Å²) in [5.41, 5.74) is 1.98. The smallest absolute Gasteiger partial charge is 0.348 e. The van der Waals surface area contributed by atoms with Gasteiger partial charge in [0.2, 0.25) is 0 Å². The fraction of sp³-hybridized carbons (Fsp3) is 0.267. The van der Waals surface area contributed by atoms with Crippen LogP contribution in [-0.4, -0.2) is 11.1 Å². The lowest BCUT2D eigenvalue weighted by atomic mass is 9.87. The molecular weight excluding hydrogens is 370 g/mol. The molecule has 0 unspecified atom stereocenters. The maximum absolute atomic E-state index is 11.1. The minimum Gasteiger partial charge on any atom is -0.477 e. The van der Waals surface area contributed by atoms with Crippen LogP contribution in [-0.2, 0) is 5.41 Å². The average Bonchev–Trinajstić information content (AvgIpc) is 2.84. The van der Waals surface area contributed by atoms with Crippen LogP contribution >= 0.6 is 39.2 Å². The molecule has 1 aromatic heterocycles. The molecule has 0 saturated carbocycles. The SMILES string of the molecule is CC(C)(C)c1ccc(SNc2ccsc2C(=O)O)c(Br)c1. The Bertz CT molecular complexity index is 662. The molecule has 3 nitrogen and oxygen atoms in total. The van der Waals surface area contributed by atoms with Crippen LogP contribution < -0.4 is 4.72 Å². The number of carbonyl (C=O) groups is 1. The zero-order valence-corrected chi connectivity index (χ0v) is 15.2. The number of nitrogens with one attached hydrogen (secondary N) is 1. The Hall–Kier alpha value is -0.980. The summed E-state index contributed by atoms with van der Waals surface area (Å²) in [5.74, 6) is -0.907. The highest BCUT2D eigenvalue weighted by Gasteiger charge is 2.16. The highest BCUT2D eigenvalue weighted by Crippen LogP contribution is 2.34. The van der Waals surface area contributed by atoms with E-state index < -0.39 is 5.97 Å². The second-order valence-corrected chi connectivity index (χ2v) is 8.19. The molecule has 0 aliphatic heterocycles. The highest BCUT2D eigenvalue weighted by atomic mass is 79.9. The summed E-state index contributed by atoms with van der Waals surface area (Å²) in [5, 5.41) is 10.9. The predicted molar refractivity (Wildman–Crippen MR) is 93.6 cm³/mol. The van der Waals surface area contributed by atoms with E-state index in [1.807, 2.05) is 6.07 Å². The van der Waals surface area contributed by atoms with E-state index in [1.54, 1.807) is 11.4 Å². The lowest BCUT2D eigenvalue weighted by molar-refractivity contribution is 0.0703. The number of anilines is 1. The number of carboxylic acids is 1. The van der Waals surface area contributed by atoms with Gasteiger partial charge in [-0.05, 0) is 62.4 Å². The Kier molecular flexibility index (Phi) is 5.01. The van der Waals surface area contributed by atoms with Crippen molar-refractivity contribution in [3.8, 4) is 0 Å². The maximum Gasteiger partial charge on any atom is 0.348 e. The van der Waals surface area contributed by atoms with Gasteiger partial charge in [0.05, 0.1) is 5.69 Å². The Morgan fingerprint density at radius 2 is 2.05 bits per heavy atom. The monoisotopic (exact) mass is 385 g/mol. The summed E-state index contributed by atoms with van der Waals surface area (Å²) in [4.78, 5) is 12.4. The van der Waals surface area contributed by atoms with Crippen molar-refractivity contribution in [1.82, 2.24) is 0 Å². The summed E-state index contributed by atoms with van der Waals surface area (Å²) in [6.07, 6.45) is 0. The number of carboxylic acid groups (broad SMARTS) is 1. The van der Waals surface area contributed by atoms with Crippen LogP contribution in [0, 0.1) is 0 Å². The van der Waals surface area contributed by atoms with Crippen molar-refractivity contribution >= 4 is 50.9 Å². The van der Waals surface area contributed by atoms with E-state index in [9.17, 15) is 4.79 Å². The molecule has 2 N–H and O–H groups in total. The minimum absolute atomic E-state index is 0.100. The van der Waals surface area contributed by atoms with Crippen molar-refractivity contribution in [3.05, 3.63) is 44.6 Å². The number of hydrogen-bond acceptors (Lipinski definition) is 4. The Balaban J connectivity index is 2.14. The van der Waals surface area contributed by atoms with Crippen LogP contribution in [0.5, 0.6) is 0 Å². The standard InChI is InChI=1S/C15H16BrNO2S2/c1-15(2,3)9-4-5-12(10(16)8-9)21-17-11-6-7-20-13(11)14(18)19/h4-8,17H,1-3H3,(H,18,19). The molecule has 0 atom stereocenters. The minimum atomic E-state index is -0.907. The highest BCUT2D eigenvalue weighted by molar-refractivity contribution is 9.10. The van der Waals surface area contributed by atoms with Gasteiger partial charge in [0.15, 0.2) is 0 Å². The number of benzene rings is 1. The van der Waals surface area contributed by atoms with E-state index in [-0.39, 0.29) is 5.41 Å². The van der Waals surface area contributed by atoms with E-state index in [2.05, 4.69) is 53.6 Å². The summed E-state index contributed by atoms with van der Waals surface area (Å²) < 4.78 is 4.11. The molecule has 0 spiro atoms. The van der Waals surface area contributed by atoms with Gasteiger partial charge in [-0.3, -0.25) is 0 Å². The summed E-state index contributed by atoms with van der Waals surface area (Å²) >= 11 is 6.19. The van der Waals surface area contributed by atoms with Gasteiger partial charge in [-0.2, -0.15) is 0 Å². The molecule has 0 aliphatic rings. The fourth-order valence-corrected chi connectivity index (χ4v) is 3.77. The molecule has 1 aromatic carbocycles. The van der Waals surface area contributed by atoms with Crippen LogP contribution in [0.2, 0.25) is 0 Å². The Labute approximate surface area is 141 Å². The number of halogens is 1. The summed E-state index contributed by atoms with van der Waals surface area (Å²) in [7, 11) is 0. The Morgan fingerprint density at radius 1 is 1.33 bits per heavy atom. The van der Waals surface area contributed by atoms with E-state index >= 15 is 0 Å². The largest absolute Gasteiger partial charge is 0.477 e. The molecule has 2 rings (SSSR count). The van der Waals surface area contributed by atoms with Gasteiger partial charge in [0, 0.05) is 9.37 Å². The molecule has 21 heavy (non-hydrogen) atoms. The fourth-order valence-electron chi connectivity index (χ4n) is 1.72. The van der Waals surface area contributed by atoms with Crippen LogP contribution in [0.25, 0.3) is 0 Å². The molecule has 6 heteroatoms. The predicted octanol–water partition coefficient (Wildman–Crippen LogP) is 5.63. The number of rotatable bonds is 4. The molecular formula is C15H16BrNO2S2. The molecule has 0 bridgehead atoms. The third kappa shape index (κ3) is 4.02. The number of thiophene rings is 1. The molecule has 1 heterocycles. The van der Waals surface area contributed by atoms with Gasteiger partial charge in [-0.25, -0.2) is 4.79 Å². The molecule has 0 saturated heterocycles. The summed E-state index contributed by atoms with van der Waals surface area (Å²) in [6, 6.07) is 8.02. The first-order chi connectivity index (χ1) is 9.79. The molecule has 112 valence electrons. The first-order valence-electron chi connectivity index (χ1n) is 6.32. The van der Waals surface area contributed by atoms with Crippen LogP contribution in [0.4, 0.5) is 5.69 Å². The van der Waals surface area contributed by atoms with Gasteiger partial charge in [0.1, 0.15) is 4.88 Å². The van der Waals surface area contributed by atoms with Crippen LogP contribution in [0.1, 0.15) is 36.0 Å². The number of hydrogen-bond donors (Lipinski definition) is 2. The second-order valence-electron chi connectivity index (χ2n) is 5.57. The van der Waals surface area contributed by atoms with Crippen molar-refractivity contribution < 1.29 is 9.90 Å². The topological polar surface area (TPSA) is 49.3 Å². The molecule has 0 aliphatic carbocycles. The normalized spacial score (nSPS) is 11.4. The van der Waals surface area contributed by atoms with Crippen molar-refractivity contribution in [2.24, 2.45) is 0 Å². The Morgan fingerprint density at radius 3 is 2.62 bits per heavy atom. The zero-order valence-electron chi connectivity index (χ0n) is 11.9. The van der Waals surface area contributed by atoms with Crippen molar-refractivity contribution in [2.45, 2.75) is 31.1 Å². The average molecular weight is 386 g/mol. The first kappa shape index (κ1) is 16.4. The van der Waals surface area contributed by atoms with E-state index in [0.717, 1.165) is 9.37 Å². The molecule has 2 aromatic rings. The number of aromatic carboxylic acids is 1. The third-order valence-electron chi connectivity index (χ3n) is 2.93. The van der Waals surface area contributed by atoms with Crippen LogP contribution in [0.15, 0.2) is 39.0 Å². The maximum atomic E-state index is 11.1. The van der Waals surface area contributed by atoms with Crippen LogP contribution in [0.3, 0.4) is 0 Å². The lowest BCUT2D eigenvalue weighted by Gasteiger charge is -2.20. The van der Waals surface area contributed by atoms with Crippen molar-refractivity contribution in [3.63, 3.8) is 0 Å². The van der Waals surface area contributed by atoms with Gasteiger partial charge < -0.3 is 9.83 Å². The van der Waals surface area contributed by atoms with Gasteiger partial charge >= 0.3 is 5.97 Å². The second kappa shape index (κ2) is 6.42.